The predicted octanol–water partition coefficient (Wildman–Crippen LogP) is 1.75. The number of rotatable bonds is 1. The molecule has 1 unspecified atom stereocenters. The second kappa shape index (κ2) is 6.85. The third-order valence-corrected chi connectivity index (χ3v) is 1.74. The maximum Gasteiger partial charge on any atom is 0.0765 e. The summed E-state index contributed by atoms with van der Waals surface area (Å²) in [5.41, 5.74) is 0. The van der Waals surface area contributed by atoms with Crippen LogP contribution in [0.4, 0.5) is 0 Å². The summed E-state index contributed by atoms with van der Waals surface area (Å²) >= 11 is 0. The molecule has 1 heteroatoms. The standard InChI is InChI=1S/C13H12O/c1-2-3-4-5-6-7-8-10-13-11-9-12-14-13/h8,10,13H,9,11-12H2,1H3. The van der Waals surface area contributed by atoms with Crippen LogP contribution in [0.2, 0.25) is 0 Å². The first kappa shape index (κ1) is 10.5. The minimum Gasteiger partial charge on any atom is -0.374 e. The van der Waals surface area contributed by atoms with Gasteiger partial charge in [0, 0.05) is 6.61 Å². The van der Waals surface area contributed by atoms with Gasteiger partial charge in [0.15, 0.2) is 0 Å². The van der Waals surface area contributed by atoms with E-state index < -0.39 is 0 Å². The molecule has 1 heterocycles. The van der Waals surface area contributed by atoms with Crippen LogP contribution in [0, 0.1) is 35.5 Å². The zero-order valence-electron chi connectivity index (χ0n) is 8.26. The second-order valence-electron chi connectivity index (χ2n) is 2.80. The van der Waals surface area contributed by atoms with Crippen LogP contribution in [0.3, 0.4) is 0 Å². The summed E-state index contributed by atoms with van der Waals surface area (Å²) in [6.07, 6.45) is 6.28. The Labute approximate surface area is 85.5 Å². The summed E-state index contributed by atoms with van der Waals surface area (Å²) in [6.45, 7) is 2.62. The zero-order valence-corrected chi connectivity index (χ0v) is 8.26. The molecule has 1 aliphatic heterocycles. The number of allylic oxidation sites excluding steroid dienone is 1. The molecule has 0 radical (unpaired) electrons. The van der Waals surface area contributed by atoms with E-state index in [4.69, 9.17) is 4.74 Å². The molecule has 70 valence electrons. The third-order valence-electron chi connectivity index (χ3n) is 1.74. The SMILES string of the molecule is CC#CC#CC#CC=CC1CCCO1. The second-order valence-corrected chi connectivity index (χ2v) is 2.80. The van der Waals surface area contributed by atoms with Crippen LogP contribution >= 0.6 is 0 Å². The van der Waals surface area contributed by atoms with Gasteiger partial charge in [-0.15, -0.1) is 0 Å². The molecule has 1 atom stereocenters. The topological polar surface area (TPSA) is 9.23 Å². The molecule has 14 heavy (non-hydrogen) atoms. The Kier molecular flexibility index (Phi) is 5.12. The van der Waals surface area contributed by atoms with Crippen molar-refractivity contribution in [3.8, 4) is 35.5 Å². The Morgan fingerprint density at radius 2 is 2.07 bits per heavy atom. The largest absolute Gasteiger partial charge is 0.374 e. The highest BCUT2D eigenvalue weighted by molar-refractivity contribution is 5.37. The normalized spacial score (nSPS) is 18.8. The summed E-state index contributed by atoms with van der Waals surface area (Å²) in [7, 11) is 0. The van der Waals surface area contributed by atoms with Crippen LogP contribution in [0.15, 0.2) is 12.2 Å². The molecule has 0 aromatic rings. The van der Waals surface area contributed by atoms with Crippen molar-refractivity contribution in [3.05, 3.63) is 12.2 Å². The highest BCUT2D eigenvalue weighted by atomic mass is 16.5. The fourth-order valence-corrected chi connectivity index (χ4v) is 1.11. The Hall–Kier alpha value is -1.62. The van der Waals surface area contributed by atoms with Gasteiger partial charge >= 0.3 is 0 Å². The quantitative estimate of drug-likeness (QED) is 0.564. The molecule has 0 bridgehead atoms. The van der Waals surface area contributed by atoms with E-state index >= 15 is 0 Å². The molecular weight excluding hydrogens is 172 g/mol. The van der Waals surface area contributed by atoms with Crippen molar-refractivity contribution >= 4 is 0 Å². The molecule has 0 aromatic heterocycles. The molecule has 1 rings (SSSR count). The molecule has 0 saturated carbocycles. The van der Waals surface area contributed by atoms with Gasteiger partial charge in [-0.3, -0.25) is 0 Å². The molecule has 1 aliphatic rings. The van der Waals surface area contributed by atoms with Gasteiger partial charge in [-0.1, -0.05) is 11.8 Å². The lowest BCUT2D eigenvalue weighted by molar-refractivity contribution is 0.145. The number of hydrogen-bond acceptors (Lipinski definition) is 1. The van der Waals surface area contributed by atoms with E-state index in [0.717, 1.165) is 19.4 Å². The van der Waals surface area contributed by atoms with Crippen LogP contribution < -0.4 is 0 Å². The monoisotopic (exact) mass is 184 g/mol. The molecule has 1 fully saturated rings. The van der Waals surface area contributed by atoms with E-state index in [9.17, 15) is 0 Å². The van der Waals surface area contributed by atoms with Gasteiger partial charge in [0.05, 0.1) is 6.10 Å². The first-order valence-corrected chi connectivity index (χ1v) is 4.64. The number of hydrogen-bond donors (Lipinski definition) is 0. The van der Waals surface area contributed by atoms with Gasteiger partial charge in [0.25, 0.3) is 0 Å². The lowest BCUT2D eigenvalue weighted by atomic mass is 10.2. The zero-order chi connectivity index (χ0) is 10.1. The molecular formula is C13H12O. The van der Waals surface area contributed by atoms with E-state index in [1.165, 1.54) is 0 Å². The first-order valence-electron chi connectivity index (χ1n) is 4.64. The van der Waals surface area contributed by atoms with Crippen LogP contribution in [-0.4, -0.2) is 12.7 Å². The minimum atomic E-state index is 0.257. The summed E-state index contributed by atoms with van der Waals surface area (Å²) in [4.78, 5) is 0. The van der Waals surface area contributed by atoms with Crippen molar-refractivity contribution in [2.75, 3.05) is 6.61 Å². The van der Waals surface area contributed by atoms with Crippen molar-refractivity contribution in [3.63, 3.8) is 0 Å². The van der Waals surface area contributed by atoms with Gasteiger partial charge in [0.2, 0.25) is 0 Å². The Bertz CT molecular complexity index is 365. The third kappa shape index (κ3) is 4.42. The van der Waals surface area contributed by atoms with Crippen molar-refractivity contribution in [2.24, 2.45) is 0 Å². The van der Waals surface area contributed by atoms with E-state index in [2.05, 4.69) is 35.5 Å². The lowest BCUT2D eigenvalue weighted by Gasteiger charge is -1.98. The highest BCUT2D eigenvalue weighted by Gasteiger charge is 2.10. The smallest absolute Gasteiger partial charge is 0.0765 e. The molecule has 0 aliphatic carbocycles. The molecule has 1 nitrogen and oxygen atoms in total. The molecule has 0 N–H and O–H groups in total. The highest BCUT2D eigenvalue weighted by Crippen LogP contribution is 2.12. The van der Waals surface area contributed by atoms with E-state index in [1.807, 2.05) is 6.08 Å². The Morgan fingerprint density at radius 1 is 1.21 bits per heavy atom. The van der Waals surface area contributed by atoms with E-state index in [-0.39, 0.29) is 6.10 Å². The van der Waals surface area contributed by atoms with Crippen LogP contribution in [0.1, 0.15) is 19.8 Å². The van der Waals surface area contributed by atoms with Crippen LogP contribution in [0.5, 0.6) is 0 Å². The Morgan fingerprint density at radius 3 is 2.79 bits per heavy atom. The van der Waals surface area contributed by atoms with Crippen molar-refractivity contribution in [2.45, 2.75) is 25.9 Å². The van der Waals surface area contributed by atoms with Gasteiger partial charge in [-0.05, 0) is 55.6 Å². The van der Waals surface area contributed by atoms with Gasteiger partial charge in [-0.2, -0.15) is 0 Å². The van der Waals surface area contributed by atoms with Crippen molar-refractivity contribution < 1.29 is 4.74 Å². The molecule has 0 amide bonds. The van der Waals surface area contributed by atoms with Gasteiger partial charge in [0.1, 0.15) is 0 Å². The fraction of sp³-hybridized carbons (Fsp3) is 0.385. The van der Waals surface area contributed by atoms with Crippen LogP contribution in [0.25, 0.3) is 0 Å². The fourth-order valence-electron chi connectivity index (χ4n) is 1.11. The molecule has 0 aromatic carbocycles. The lowest BCUT2D eigenvalue weighted by Crippen LogP contribution is -1.98. The average Bonchev–Trinajstić information content (AvgIpc) is 2.69. The van der Waals surface area contributed by atoms with Gasteiger partial charge < -0.3 is 4.74 Å². The predicted molar refractivity (Wildman–Crippen MR) is 57.1 cm³/mol. The maximum atomic E-state index is 5.39. The molecule has 0 spiro atoms. The van der Waals surface area contributed by atoms with Gasteiger partial charge in [-0.25, -0.2) is 0 Å². The number of ether oxygens (including phenoxy) is 1. The summed E-state index contributed by atoms with van der Waals surface area (Å²) in [5, 5.41) is 0. The maximum absolute atomic E-state index is 5.39. The average molecular weight is 184 g/mol. The first-order chi connectivity index (χ1) is 6.93. The summed E-state index contributed by atoms with van der Waals surface area (Å²) < 4.78 is 5.39. The Balaban J connectivity index is 2.30. The van der Waals surface area contributed by atoms with Crippen LogP contribution in [-0.2, 0) is 4.74 Å². The van der Waals surface area contributed by atoms with Crippen molar-refractivity contribution in [1.82, 2.24) is 0 Å². The van der Waals surface area contributed by atoms with E-state index in [1.54, 1.807) is 13.0 Å². The summed E-state index contributed by atoms with van der Waals surface area (Å²) in [5.74, 6) is 16.0. The van der Waals surface area contributed by atoms with E-state index in [0.29, 0.717) is 0 Å². The van der Waals surface area contributed by atoms with Crippen molar-refractivity contribution in [1.29, 1.82) is 0 Å². The summed E-state index contributed by atoms with van der Waals surface area (Å²) in [6, 6.07) is 0. The minimum absolute atomic E-state index is 0.257. The molecule has 1 saturated heterocycles.